The first kappa shape index (κ1) is 12.0. The van der Waals surface area contributed by atoms with E-state index in [1.807, 2.05) is 13.8 Å². The van der Waals surface area contributed by atoms with Crippen LogP contribution >= 0.6 is 0 Å². The van der Waals surface area contributed by atoms with Crippen LogP contribution in [0.5, 0.6) is 5.88 Å². The van der Waals surface area contributed by atoms with Gasteiger partial charge in [-0.15, -0.1) is 0 Å². The highest BCUT2D eigenvalue weighted by molar-refractivity contribution is 5.80. The van der Waals surface area contributed by atoms with Gasteiger partial charge in [0.15, 0.2) is 5.82 Å². The van der Waals surface area contributed by atoms with Crippen LogP contribution in [-0.2, 0) is 4.79 Å². The molecule has 1 heterocycles. The predicted molar refractivity (Wildman–Crippen MR) is 59.9 cm³/mol. The fourth-order valence-electron chi connectivity index (χ4n) is 1.01. The highest BCUT2D eigenvalue weighted by Gasteiger charge is 2.10. The summed E-state index contributed by atoms with van der Waals surface area (Å²) in [6.45, 7) is 3.68. The number of primary amides is 1. The zero-order valence-corrected chi connectivity index (χ0v) is 9.23. The van der Waals surface area contributed by atoms with Gasteiger partial charge in [0.2, 0.25) is 11.8 Å². The molecule has 0 aliphatic heterocycles. The Hall–Kier alpha value is -2.05. The number of rotatable bonds is 5. The van der Waals surface area contributed by atoms with Crippen LogP contribution in [-0.4, -0.2) is 28.5 Å². The fourth-order valence-corrected chi connectivity index (χ4v) is 1.01. The molecule has 16 heavy (non-hydrogen) atoms. The minimum absolute atomic E-state index is 0.0394. The van der Waals surface area contributed by atoms with Crippen molar-refractivity contribution in [1.29, 1.82) is 0 Å². The van der Waals surface area contributed by atoms with Gasteiger partial charge in [0.25, 0.3) is 0 Å². The van der Waals surface area contributed by atoms with Crippen molar-refractivity contribution < 1.29 is 9.53 Å². The maximum Gasteiger partial charge on any atom is 0.242 e. The third-order valence-corrected chi connectivity index (χ3v) is 1.62. The zero-order valence-electron chi connectivity index (χ0n) is 9.23. The number of ether oxygens (including phenoxy) is 1. The second-order valence-corrected chi connectivity index (χ2v) is 3.43. The molecule has 0 aromatic carbocycles. The van der Waals surface area contributed by atoms with Gasteiger partial charge in [0.05, 0.1) is 12.6 Å². The van der Waals surface area contributed by atoms with Crippen molar-refractivity contribution in [3.63, 3.8) is 0 Å². The number of hydrogen-bond donors (Lipinski definition) is 3. The smallest absolute Gasteiger partial charge is 0.242 e. The van der Waals surface area contributed by atoms with Gasteiger partial charge in [-0.1, -0.05) is 0 Å². The monoisotopic (exact) mass is 225 g/mol. The van der Waals surface area contributed by atoms with Gasteiger partial charge in [-0.3, -0.25) is 4.79 Å². The molecule has 0 saturated heterocycles. The van der Waals surface area contributed by atoms with Gasteiger partial charge >= 0.3 is 0 Å². The molecule has 0 aliphatic carbocycles. The van der Waals surface area contributed by atoms with Crippen molar-refractivity contribution in [3.8, 4) is 5.88 Å². The molecular formula is C9H15N5O2. The van der Waals surface area contributed by atoms with Crippen LogP contribution in [0.15, 0.2) is 6.33 Å². The van der Waals surface area contributed by atoms with Gasteiger partial charge in [-0.25, -0.2) is 4.98 Å². The zero-order chi connectivity index (χ0) is 12.1. The molecule has 0 spiro atoms. The fraction of sp³-hybridized carbons (Fsp3) is 0.444. The molecule has 7 nitrogen and oxygen atoms in total. The standard InChI is InChI=1S/C9H15N5O2/c1-5(2)16-9-7(11)8(13-4-14-9)12-3-6(10)15/h4-5H,3,11H2,1-2H3,(H2,10,15)(H,12,13,14). The Labute approximate surface area is 93.2 Å². The Morgan fingerprint density at radius 1 is 1.56 bits per heavy atom. The molecule has 1 amide bonds. The maximum atomic E-state index is 10.6. The molecule has 0 radical (unpaired) electrons. The first-order valence-corrected chi connectivity index (χ1v) is 4.80. The van der Waals surface area contributed by atoms with E-state index in [9.17, 15) is 4.79 Å². The lowest BCUT2D eigenvalue weighted by Gasteiger charge is -2.12. The normalized spacial score (nSPS) is 10.2. The van der Waals surface area contributed by atoms with E-state index in [1.165, 1.54) is 6.33 Å². The third-order valence-electron chi connectivity index (χ3n) is 1.62. The maximum absolute atomic E-state index is 10.6. The van der Waals surface area contributed by atoms with E-state index in [0.29, 0.717) is 5.82 Å². The van der Waals surface area contributed by atoms with Crippen molar-refractivity contribution in [3.05, 3.63) is 6.33 Å². The Morgan fingerprint density at radius 2 is 2.25 bits per heavy atom. The highest BCUT2D eigenvalue weighted by Crippen LogP contribution is 2.24. The van der Waals surface area contributed by atoms with E-state index in [0.717, 1.165) is 0 Å². The van der Waals surface area contributed by atoms with Crippen LogP contribution in [0.4, 0.5) is 11.5 Å². The number of amides is 1. The second kappa shape index (κ2) is 5.15. The van der Waals surface area contributed by atoms with E-state index < -0.39 is 5.91 Å². The van der Waals surface area contributed by atoms with Gasteiger partial charge in [-0.05, 0) is 13.8 Å². The molecule has 1 aromatic rings. The van der Waals surface area contributed by atoms with E-state index >= 15 is 0 Å². The molecule has 0 aliphatic rings. The van der Waals surface area contributed by atoms with Crippen LogP contribution in [0.2, 0.25) is 0 Å². The summed E-state index contributed by atoms with van der Waals surface area (Å²) in [6, 6.07) is 0. The number of carbonyl (C=O) groups excluding carboxylic acids is 1. The summed E-state index contributed by atoms with van der Waals surface area (Å²) >= 11 is 0. The SMILES string of the molecule is CC(C)Oc1ncnc(NCC(N)=O)c1N. The van der Waals surface area contributed by atoms with E-state index in [1.54, 1.807) is 0 Å². The number of nitrogens with one attached hydrogen (secondary N) is 1. The molecule has 0 fully saturated rings. The van der Waals surface area contributed by atoms with Crippen LogP contribution in [0, 0.1) is 0 Å². The number of nitrogens with two attached hydrogens (primary N) is 2. The van der Waals surface area contributed by atoms with Crippen LogP contribution < -0.4 is 21.5 Å². The average Bonchev–Trinajstić information content (AvgIpc) is 2.18. The summed E-state index contributed by atoms with van der Waals surface area (Å²) < 4.78 is 5.36. The minimum Gasteiger partial charge on any atom is -0.473 e. The third kappa shape index (κ3) is 3.26. The number of carbonyl (C=O) groups is 1. The second-order valence-electron chi connectivity index (χ2n) is 3.43. The summed E-state index contributed by atoms with van der Waals surface area (Å²) in [5.74, 6) is 0.130. The van der Waals surface area contributed by atoms with Crippen molar-refractivity contribution >= 4 is 17.4 Å². The molecule has 7 heteroatoms. The number of nitrogen functional groups attached to an aromatic ring is 1. The van der Waals surface area contributed by atoms with Crippen LogP contribution in [0.25, 0.3) is 0 Å². The van der Waals surface area contributed by atoms with Crippen LogP contribution in [0.3, 0.4) is 0 Å². The van der Waals surface area contributed by atoms with E-state index in [4.69, 9.17) is 16.2 Å². The first-order valence-electron chi connectivity index (χ1n) is 4.80. The van der Waals surface area contributed by atoms with Crippen molar-refractivity contribution in [2.24, 2.45) is 5.73 Å². The number of aromatic nitrogens is 2. The number of nitrogens with zero attached hydrogens (tertiary/aromatic N) is 2. The minimum atomic E-state index is -0.496. The Kier molecular flexibility index (Phi) is 3.87. The van der Waals surface area contributed by atoms with Crippen molar-refractivity contribution in [2.45, 2.75) is 20.0 Å². The lowest BCUT2D eigenvalue weighted by molar-refractivity contribution is -0.116. The van der Waals surface area contributed by atoms with Crippen molar-refractivity contribution in [1.82, 2.24) is 9.97 Å². The van der Waals surface area contributed by atoms with Gasteiger partial charge in [0.1, 0.15) is 12.0 Å². The number of hydrogen-bond acceptors (Lipinski definition) is 6. The molecular weight excluding hydrogens is 210 g/mol. The Bertz CT molecular complexity index is 380. The average molecular weight is 225 g/mol. The molecule has 0 unspecified atom stereocenters. The molecule has 88 valence electrons. The Balaban J connectivity index is 2.81. The molecule has 0 saturated carbocycles. The summed E-state index contributed by atoms with van der Waals surface area (Å²) in [7, 11) is 0. The lowest BCUT2D eigenvalue weighted by atomic mass is 10.4. The quantitative estimate of drug-likeness (QED) is 0.636. The van der Waals surface area contributed by atoms with Gasteiger partial charge < -0.3 is 21.5 Å². The number of anilines is 2. The summed E-state index contributed by atoms with van der Waals surface area (Å²) in [5.41, 5.74) is 11.0. The molecule has 1 rings (SSSR count). The largest absolute Gasteiger partial charge is 0.473 e. The molecule has 1 aromatic heterocycles. The topological polar surface area (TPSA) is 116 Å². The van der Waals surface area contributed by atoms with Crippen molar-refractivity contribution in [2.75, 3.05) is 17.6 Å². The van der Waals surface area contributed by atoms with E-state index in [2.05, 4.69) is 15.3 Å². The predicted octanol–water partition coefficient (Wildman–Crippen LogP) is -0.257. The summed E-state index contributed by atoms with van der Waals surface area (Å²) in [5, 5.41) is 2.70. The lowest BCUT2D eigenvalue weighted by Crippen LogP contribution is -2.23. The molecule has 5 N–H and O–H groups in total. The summed E-state index contributed by atoms with van der Waals surface area (Å²) in [4.78, 5) is 18.4. The first-order chi connectivity index (χ1) is 7.50. The highest BCUT2D eigenvalue weighted by atomic mass is 16.5. The Morgan fingerprint density at radius 3 is 2.81 bits per heavy atom. The summed E-state index contributed by atoms with van der Waals surface area (Å²) in [6.07, 6.45) is 1.26. The van der Waals surface area contributed by atoms with Gasteiger partial charge in [0, 0.05) is 0 Å². The van der Waals surface area contributed by atoms with Crippen LogP contribution in [0.1, 0.15) is 13.8 Å². The molecule has 0 atom stereocenters. The van der Waals surface area contributed by atoms with E-state index in [-0.39, 0.29) is 24.2 Å². The molecule has 0 bridgehead atoms. The van der Waals surface area contributed by atoms with Gasteiger partial charge in [-0.2, -0.15) is 4.98 Å².